The molecule has 0 radical (unpaired) electrons. The van der Waals surface area contributed by atoms with Gasteiger partial charge >= 0.3 is 5.97 Å². The number of benzene rings is 1. The van der Waals surface area contributed by atoms with Crippen molar-refractivity contribution in [3.05, 3.63) is 58.2 Å². The van der Waals surface area contributed by atoms with Gasteiger partial charge in [-0.3, -0.25) is 9.59 Å². The number of likely N-dealkylation sites (tertiary alicyclic amines) is 1. The van der Waals surface area contributed by atoms with E-state index in [0.717, 1.165) is 29.7 Å². The van der Waals surface area contributed by atoms with E-state index in [9.17, 15) is 14.0 Å². The molecule has 1 aromatic carbocycles. The zero-order valence-corrected chi connectivity index (χ0v) is 17.6. The topological polar surface area (TPSA) is 51.5 Å². The van der Waals surface area contributed by atoms with Crippen LogP contribution >= 0.6 is 0 Å². The van der Waals surface area contributed by atoms with E-state index in [1.54, 1.807) is 30.0 Å². The minimum absolute atomic E-state index is 0.107. The second-order valence-corrected chi connectivity index (χ2v) is 7.70. The van der Waals surface area contributed by atoms with E-state index in [1.807, 2.05) is 25.3 Å². The minimum atomic E-state index is -0.287. The van der Waals surface area contributed by atoms with Crippen LogP contribution in [0.5, 0.6) is 0 Å². The highest BCUT2D eigenvalue weighted by Gasteiger charge is 2.32. The molecule has 2 aromatic rings. The first-order valence-corrected chi connectivity index (χ1v) is 10.2. The number of esters is 1. The van der Waals surface area contributed by atoms with Crippen molar-refractivity contribution in [2.75, 3.05) is 19.7 Å². The van der Waals surface area contributed by atoms with Gasteiger partial charge in [0.25, 0.3) is 5.91 Å². The highest BCUT2D eigenvalue weighted by molar-refractivity contribution is 5.95. The quantitative estimate of drug-likeness (QED) is 0.713. The van der Waals surface area contributed by atoms with E-state index < -0.39 is 0 Å². The van der Waals surface area contributed by atoms with Crippen LogP contribution in [-0.2, 0) is 16.1 Å². The molecule has 0 unspecified atom stereocenters. The molecule has 1 fully saturated rings. The van der Waals surface area contributed by atoms with Crippen LogP contribution in [0.25, 0.3) is 0 Å². The minimum Gasteiger partial charge on any atom is -0.466 e. The van der Waals surface area contributed by atoms with Gasteiger partial charge in [-0.25, -0.2) is 4.39 Å². The zero-order chi connectivity index (χ0) is 21.1. The Bertz CT molecular complexity index is 919. The third-order valence-corrected chi connectivity index (χ3v) is 5.95. The summed E-state index contributed by atoms with van der Waals surface area (Å²) in [4.78, 5) is 27.4. The molecule has 0 saturated carbocycles. The summed E-state index contributed by atoms with van der Waals surface area (Å²) in [5.74, 6) is -0.917. The maximum atomic E-state index is 14.3. The molecule has 1 atom stereocenters. The Hall–Kier alpha value is -2.63. The molecule has 0 spiro atoms. The number of piperidine rings is 1. The third-order valence-electron chi connectivity index (χ3n) is 5.95. The molecule has 1 saturated heterocycles. The summed E-state index contributed by atoms with van der Waals surface area (Å²) in [6.07, 6.45) is 1.50. The van der Waals surface area contributed by atoms with Crippen molar-refractivity contribution in [2.24, 2.45) is 5.92 Å². The molecular weight excluding hydrogens is 371 g/mol. The van der Waals surface area contributed by atoms with Crippen molar-refractivity contribution >= 4 is 11.9 Å². The van der Waals surface area contributed by atoms with Crippen molar-refractivity contribution in [3.8, 4) is 0 Å². The molecule has 29 heavy (non-hydrogen) atoms. The molecule has 5 nitrogen and oxygen atoms in total. The van der Waals surface area contributed by atoms with E-state index >= 15 is 0 Å². The third kappa shape index (κ3) is 4.21. The Morgan fingerprint density at radius 1 is 1.17 bits per heavy atom. The summed E-state index contributed by atoms with van der Waals surface area (Å²) in [6.45, 7) is 9.26. The van der Waals surface area contributed by atoms with Crippen molar-refractivity contribution in [1.29, 1.82) is 0 Å². The van der Waals surface area contributed by atoms with Crippen LogP contribution in [0.15, 0.2) is 24.3 Å². The number of carbonyl (C=O) groups excluding carboxylic acids is 2. The maximum Gasteiger partial charge on any atom is 0.310 e. The fourth-order valence-electron chi connectivity index (χ4n) is 4.06. The zero-order valence-electron chi connectivity index (χ0n) is 17.6. The van der Waals surface area contributed by atoms with E-state index in [1.165, 1.54) is 6.07 Å². The number of amides is 1. The molecule has 3 rings (SSSR count). The summed E-state index contributed by atoms with van der Waals surface area (Å²) >= 11 is 0. The molecule has 2 heterocycles. The number of ether oxygens (including phenoxy) is 1. The van der Waals surface area contributed by atoms with Gasteiger partial charge in [-0.2, -0.15) is 0 Å². The van der Waals surface area contributed by atoms with Crippen LogP contribution in [0.1, 0.15) is 52.6 Å². The number of nitrogens with zero attached hydrogens (tertiary/aromatic N) is 2. The normalized spacial score (nSPS) is 16.7. The number of rotatable bonds is 5. The van der Waals surface area contributed by atoms with Gasteiger partial charge in [0.15, 0.2) is 0 Å². The second-order valence-electron chi connectivity index (χ2n) is 7.70. The summed E-state index contributed by atoms with van der Waals surface area (Å²) in [5, 5.41) is 0. The first-order valence-electron chi connectivity index (χ1n) is 10.2. The lowest BCUT2D eigenvalue weighted by Crippen LogP contribution is -2.43. The van der Waals surface area contributed by atoms with Crippen LogP contribution in [0.2, 0.25) is 0 Å². The summed E-state index contributed by atoms with van der Waals surface area (Å²) in [6, 6.07) is 6.63. The largest absolute Gasteiger partial charge is 0.466 e. The van der Waals surface area contributed by atoms with Crippen LogP contribution in [0.3, 0.4) is 0 Å². The van der Waals surface area contributed by atoms with E-state index in [4.69, 9.17) is 4.74 Å². The SMILES string of the molecule is CCOC(=O)[C@@H]1CCCN(C(=O)c2c(C)c(C)c(C)n2Cc2ccccc2F)C1. The lowest BCUT2D eigenvalue weighted by Gasteiger charge is -2.32. The lowest BCUT2D eigenvalue weighted by molar-refractivity contribution is -0.149. The second kappa shape index (κ2) is 8.80. The molecule has 1 aliphatic rings. The van der Waals surface area contributed by atoms with Gasteiger partial charge in [0.05, 0.1) is 19.1 Å². The van der Waals surface area contributed by atoms with Crippen molar-refractivity contribution < 1.29 is 18.7 Å². The lowest BCUT2D eigenvalue weighted by atomic mass is 9.97. The van der Waals surface area contributed by atoms with Gasteiger partial charge in [0, 0.05) is 24.3 Å². The molecular formula is C23H29FN2O3. The monoisotopic (exact) mass is 400 g/mol. The highest BCUT2D eigenvalue weighted by Crippen LogP contribution is 2.27. The smallest absolute Gasteiger partial charge is 0.310 e. The molecule has 156 valence electrons. The molecule has 0 bridgehead atoms. The van der Waals surface area contributed by atoms with Crippen LogP contribution in [-0.4, -0.2) is 41.0 Å². The highest BCUT2D eigenvalue weighted by atomic mass is 19.1. The van der Waals surface area contributed by atoms with Gasteiger partial charge in [0.1, 0.15) is 11.5 Å². The Balaban J connectivity index is 1.91. The first-order chi connectivity index (χ1) is 13.8. The van der Waals surface area contributed by atoms with Gasteiger partial charge in [0.2, 0.25) is 0 Å². The van der Waals surface area contributed by atoms with E-state index in [-0.39, 0.29) is 23.6 Å². The number of hydrogen-bond donors (Lipinski definition) is 0. The van der Waals surface area contributed by atoms with Crippen LogP contribution < -0.4 is 0 Å². The number of halogens is 1. The summed E-state index contributed by atoms with van der Waals surface area (Å²) in [5.41, 5.74) is 4.01. The Labute approximate surface area is 171 Å². The number of hydrogen-bond acceptors (Lipinski definition) is 3. The number of carbonyl (C=O) groups is 2. The fraction of sp³-hybridized carbons (Fsp3) is 0.478. The average molecular weight is 400 g/mol. The van der Waals surface area contributed by atoms with Crippen LogP contribution in [0, 0.1) is 32.5 Å². The van der Waals surface area contributed by atoms with Gasteiger partial charge in [-0.15, -0.1) is 0 Å². The predicted molar refractivity (Wildman–Crippen MR) is 109 cm³/mol. The van der Waals surface area contributed by atoms with Crippen molar-refractivity contribution in [2.45, 2.75) is 47.1 Å². The molecule has 6 heteroatoms. The summed E-state index contributed by atoms with van der Waals surface area (Å²) in [7, 11) is 0. The average Bonchev–Trinajstić information content (AvgIpc) is 2.93. The molecule has 1 aromatic heterocycles. The van der Waals surface area contributed by atoms with E-state index in [2.05, 4.69) is 0 Å². The molecule has 1 amide bonds. The maximum absolute atomic E-state index is 14.3. The van der Waals surface area contributed by atoms with Gasteiger partial charge in [-0.1, -0.05) is 18.2 Å². The Morgan fingerprint density at radius 3 is 2.59 bits per heavy atom. The Morgan fingerprint density at radius 2 is 1.90 bits per heavy atom. The fourth-order valence-corrected chi connectivity index (χ4v) is 4.06. The molecule has 0 aliphatic carbocycles. The standard InChI is InChI=1S/C23H29FN2O3/c1-5-29-23(28)19-10-8-12-25(13-19)22(27)21-16(3)15(2)17(4)26(21)14-18-9-6-7-11-20(18)24/h6-7,9,11,19H,5,8,10,12-14H2,1-4H3/t19-/m1/s1. The summed E-state index contributed by atoms with van der Waals surface area (Å²) < 4.78 is 21.3. The first kappa shape index (κ1) is 21.1. The van der Waals surface area contributed by atoms with Crippen LogP contribution in [0.4, 0.5) is 4.39 Å². The van der Waals surface area contributed by atoms with Crippen molar-refractivity contribution in [3.63, 3.8) is 0 Å². The van der Waals surface area contributed by atoms with E-state index in [0.29, 0.717) is 37.5 Å². The number of aromatic nitrogens is 1. The van der Waals surface area contributed by atoms with Crippen molar-refractivity contribution in [1.82, 2.24) is 9.47 Å². The Kier molecular flexibility index (Phi) is 6.40. The van der Waals surface area contributed by atoms with Gasteiger partial charge in [-0.05, 0) is 57.7 Å². The molecule has 1 aliphatic heterocycles. The predicted octanol–water partition coefficient (Wildman–Crippen LogP) is 4.02. The molecule has 0 N–H and O–H groups in total. The van der Waals surface area contributed by atoms with Gasteiger partial charge < -0.3 is 14.2 Å².